The van der Waals surface area contributed by atoms with E-state index in [4.69, 9.17) is 9.47 Å². The molecule has 6 N–H and O–H groups in total. The Hall–Kier alpha value is -2.11. The molecular weight excluding hydrogens is 767 g/mol. The summed E-state index contributed by atoms with van der Waals surface area (Å²) in [5, 5.41) is 54.1. The van der Waals surface area contributed by atoms with Crippen LogP contribution in [0.1, 0.15) is 206 Å². The molecule has 0 aromatic rings. The van der Waals surface area contributed by atoms with Crippen LogP contribution in [0.25, 0.3) is 0 Å². The van der Waals surface area contributed by atoms with Crippen molar-refractivity contribution in [1.29, 1.82) is 0 Å². The van der Waals surface area contributed by atoms with Crippen LogP contribution in [-0.4, -0.2) is 87.5 Å². The Morgan fingerprint density at radius 1 is 0.557 bits per heavy atom. The van der Waals surface area contributed by atoms with Crippen LogP contribution in [0.3, 0.4) is 0 Å². The number of carbonyl (C=O) groups is 1. The maximum absolute atomic E-state index is 12.9. The van der Waals surface area contributed by atoms with Crippen molar-refractivity contribution in [2.24, 2.45) is 0 Å². The lowest BCUT2D eigenvalue weighted by atomic mass is 9.99. The number of nitrogens with one attached hydrogen (secondary N) is 1. The van der Waals surface area contributed by atoms with E-state index >= 15 is 0 Å². The second kappa shape index (κ2) is 41.9. The minimum Gasteiger partial charge on any atom is -0.394 e. The van der Waals surface area contributed by atoms with E-state index in [9.17, 15) is 30.3 Å². The molecule has 0 aliphatic carbocycles. The molecule has 0 saturated carbocycles. The number of aliphatic hydroxyl groups is 5. The number of amides is 1. The lowest BCUT2D eigenvalue weighted by Gasteiger charge is -2.40. The molecule has 354 valence electrons. The molecule has 1 fully saturated rings. The van der Waals surface area contributed by atoms with Crippen LogP contribution >= 0.6 is 0 Å². The van der Waals surface area contributed by atoms with Gasteiger partial charge in [0.2, 0.25) is 5.91 Å². The van der Waals surface area contributed by atoms with Crippen molar-refractivity contribution in [3.63, 3.8) is 0 Å². The summed E-state index contributed by atoms with van der Waals surface area (Å²) in [6.07, 6.45) is 48.7. The Morgan fingerprint density at radius 3 is 1.48 bits per heavy atom. The van der Waals surface area contributed by atoms with Gasteiger partial charge < -0.3 is 40.3 Å². The molecule has 1 heterocycles. The van der Waals surface area contributed by atoms with Crippen molar-refractivity contribution in [2.75, 3.05) is 13.2 Å². The van der Waals surface area contributed by atoms with Crippen LogP contribution in [-0.2, 0) is 14.3 Å². The van der Waals surface area contributed by atoms with Gasteiger partial charge in [-0.25, -0.2) is 0 Å². The molecule has 1 aliphatic rings. The van der Waals surface area contributed by atoms with Crippen molar-refractivity contribution in [2.45, 2.75) is 249 Å². The predicted molar refractivity (Wildman–Crippen MR) is 253 cm³/mol. The van der Waals surface area contributed by atoms with Crippen molar-refractivity contribution in [1.82, 2.24) is 5.32 Å². The van der Waals surface area contributed by atoms with Crippen LogP contribution in [0.2, 0.25) is 0 Å². The quantitative estimate of drug-likeness (QED) is 0.0263. The van der Waals surface area contributed by atoms with Gasteiger partial charge in [-0.05, 0) is 64.2 Å². The van der Waals surface area contributed by atoms with Gasteiger partial charge in [0, 0.05) is 6.42 Å². The molecule has 1 amide bonds. The standard InChI is InChI=1S/C52H93NO8/c1-3-5-7-9-11-13-15-17-18-19-20-21-22-23-24-25-26-27-28-30-31-33-35-37-39-41-46(55)45(44-60-52-51(59)50(58)49(57)47(43-54)61-52)53-48(56)42-40-38-36-34-32-29-16-14-12-10-8-6-4-2/h26-27,29,31-33,36,38-39,41,45-47,49-52,54-55,57-59H,3-25,28,30,34-35,37,40,42-44H2,1-2H3,(H,53,56)/b27-26+,32-29-,33-31+,38-36-,41-39+. The number of carbonyl (C=O) groups excluding carboxylic acids is 1. The van der Waals surface area contributed by atoms with Gasteiger partial charge in [-0.1, -0.05) is 197 Å². The average molecular weight is 860 g/mol. The van der Waals surface area contributed by atoms with Crippen LogP contribution in [0, 0.1) is 0 Å². The monoisotopic (exact) mass is 860 g/mol. The minimum absolute atomic E-state index is 0.227. The highest BCUT2D eigenvalue weighted by Crippen LogP contribution is 2.22. The maximum Gasteiger partial charge on any atom is 0.220 e. The summed E-state index contributed by atoms with van der Waals surface area (Å²) in [4.78, 5) is 12.9. The Bertz CT molecular complexity index is 1140. The zero-order chi connectivity index (χ0) is 44.4. The highest BCUT2D eigenvalue weighted by molar-refractivity contribution is 5.76. The van der Waals surface area contributed by atoms with Gasteiger partial charge >= 0.3 is 0 Å². The smallest absolute Gasteiger partial charge is 0.220 e. The first-order valence-electron chi connectivity index (χ1n) is 25.0. The zero-order valence-electron chi connectivity index (χ0n) is 38.9. The van der Waals surface area contributed by atoms with E-state index in [0.29, 0.717) is 6.42 Å². The normalized spacial score (nSPS) is 20.9. The van der Waals surface area contributed by atoms with E-state index < -0.39 is 49.5 Å². The van der Waals surface area contributed by atoms with E-state index in [2.05, 4.69) is 61.7 Å². The van der Waals surface area contributed by atoms with Gasteiger partial charge in [0.1, 0.15) is 24.4 Å². The molecule has 0 spiro atoms. The van der Waals surface area contributed by atoms with E-state index in [1.165, 1.54) is 141 Å². The summed E-state index contributed by atoms with van der Waals surface area (Å²) in [7, 11) is 0. The van der Waals surface area contributed by atoms with Crippen molar-refractivity contribution < 1.29 is 39.8 Å². The number of aliphatic hydroxyl groups excluding tert-OH is 5. The van der Waals surface area contributed by atoms with Gasteiger partial charge in [-0.15, -0.1) is 0 Å². The van der Waals surface area contributed by atoms with Crippen molar-refractivity contribution in [3.05, 3.63) is 60.8 Å². The molecule has 1 saturated heterocycles. The number of allylic oxidation sites excluding steroid dienone is 9. The highest BCUT2D eigenvalue weighted by atomic mass is 16.7. The Kier molecular flexibility index (Phi) is 39.1. The molecule has 0 bridgehead atoms. The maximum atomic E-state index is 12.9. The molecular formula is C52H93NO8. The molecule has 7 unspecified atom stereocenters. The fourth-order valence-corrected chi connectivity index (χ4v) is 7.53. The number of ether oxygens (including phenoxy) is 2. The fraction of sp³-hybridized carbons (Fsp3) is 0.788. The van der Waals surface area contributed by atoms with Gasteiger partial charge in [0.25, 0.3) is 0 Å². The van der Waals surface area contributed by atoms with Gasteiger partial charge in [0.05, 0.1) is 25.4 Å². The third kappa shape index (κ3) is 32.2. The van der Waals surface area contributed by atoms with E-state index in [-0.39, 0.29) is 18.9 Å². The molecule has 61 heavy (non-hydrogen) atoms. The van der Waals surface area contributed by atoms with Crippen molar-refractivity contribution in [3.8, 4) is 0 Å². The zero-order valence-corrected chi connectivity index (χ0v) is 38.9. The largest absolute Gasteiger partial charge is 0.394 e. The topological polar surface area (TPSA) is 149 Å². The molecule has 1 rings (SSSR count). The summed E-state index contributed by atoms with van der Waals surface area (Å²) in [5.41, 5.74) is 0. The first-order valence-corrected chi connectivity index (χ1v) is 25.0. The minimum atomic E-state index is -1.58. The van der Waals surface area contributed by atoms with Crippen LogP contribution in [0.5, 0.6) is 0 Å². The summed E-state index contributed by atoms with van der Waals surface area (Å²) in [6, 6.07) is -0.860. The van der Waals surface area contributed by atoms with E-state index in [0.717, 1.165) is 38.5 Å². The molecule has 0 aromatic heterocycles. The summed E-state index contributed by atoms with van der Waals surface area (Å²) in [5.74, 6) is -0.259. The molecule has 0 radical (unpaired) electrons. The average Bonchev–Trinajstić information content (AvgIpc) is 3.26. The second-order valence-corrected chi connectivity index (χ2v) is 17.2. The Morgan fingerprint density at radius 2 is 0.984 bits per heavy atom. The van der Waals surface area contributed by atoms with Crippen LogP contribution in [0.15, 0.2) is 60.8 Å². The molecule has 9 nitrogen and oxygen atoms in total. The fourth-order valence-electron chi connectivity index (χ4n) is 7.53. The number of unbranched alkanes of at least 4 members (excludes halogenated alkanes) is 23. The molecule has 9 heteroatoms. The lowest BCUT2D eigenvalue weighted by Crippen LogP contribution is -2.60. The van der Waals surface area contributed by atoms with Crippen LogP contribution < -0.4 is 5.32 Å². The second-order valence-electron chi connectivity index (χ2n) is 17.2. The SMILES string of the molecule is CCCCCCCC/C=C\C/C=C\CCC(=O)NC(COC1OC(CO)C(O)C(O)C1O)C(O)/C=C/CC/C=C/CC/C=C/CCCCCCCCCCCCCCCCC. The first-order chi connectivity index (χ1) is 29.8. The van der Waals surface area contributed by atoms with Gasteiger partial charge in [-0.2, -0.15) is 0 Å². The Balaban J connectivity index is 2.34. The van der Waals surface area contributed by atoms with Crippen LogP contribution in [0.4, 0.5) is 0 Å². The molecule has 0 aromatic carbocycles. The third-order valence-corrected chi connectivity index (χ3v) is 11.6. The van der Waals surface area contributed by atoms with Crippen molar-refractivity contribution >= 4 is 5.91 Å². The Labute approximate surface area is 373 Å². The molecule has 1 aliphatic heterocycles. The van der Waals surface area contributed by atoms with E-state index in [1.807, 2.05) is 12.2 Å². The predicted octanol–water partition coefficient (Wildman–Crippen LogP) is 11.2. The summed E-state index contributed by atoms with van der Waals surface area (Å²) < 4.78 is 11.2. The summed E-state index contributed by atoms with van der Waals surface area (Å²) in [6.45, 7) is 3.70. The number of rotatable bonds is 41. The number of hydrogen-bond acceptors (Lipinski definition) is 8. The molecule has 7 atom stereocenters. The van der Waals surface area contributed by atoms with Gasteiger partial charge in [0.15, 0.2) is 6.29 Å². The first kappa shape index (κ1) is 56.9. The van der Waals surface area contributed by atoms with E-state index in [1.54, 1.807) is 6.08 Å². The van der Waals surface area contributed by atoms with Gasteiger partial charge in [-0.3, -0.25) is 4.79 Å². The lowest BCUT2D eigenvalue weighted by molar-refractivity contribution is -0.302. The third-order valence-electron chi connectivity index (χ3n) is 11.6. The summed E-state index contributed by atoms with van der Waals surface area (Å²) >= 11 is 0. The highest BCUT2D eigenvalue weighted by Gasteiger charge is 2.44. The number of hydrogen-bond donors (Lipinski definition) is 6.